The smallest absolute Gasteiger partial charge is 0.227 e. The summed E-state index contributed by atoms with van der Waals surface area (Å²) in [5.41, 5.74) is 0. The van der Waals surface area contributed by atoms with Crippen LogP contribution in [-0.2, 0) is 21.2 Å². The van der Waals surface area contributed by atoms with Crippen molar-refractivity contribution < 1.29 is 13.2 Å². The molecule has 2 fully saturated rings. The number of hydrogen-bond acceptors (Lipinski definition) is 4. The van der Waals surface area contributed by atoms with E-state index in [1.807, 2.05) is 21.8 Å². The van der Waals surface area contributed by atoms with Gasteiger partial charge in [0.2, 0.25) is 5.91 Å². The average Bonchev–Trinajstić information content (AvgIpc) is 3.08. The minimum Gasteiger partial charge on any atom is -0.338 e. The van der Waals surface area contributed by atoms with Crippen molar-refractivity contribution in [3.63, 3.8) is 0 Å². The molecular formula is C14H21N3O3S. The van der Waals surface area contributed by atoms with Crippen LogP contribution in [0.3, 0.4) is 0 Å². The second-order valence-corrected chi connectivity index (χ2v) is 8.24. The molecule has 0 saturated carbocycles. The van der Waals surface area contributed by atoms with E-state index >= 15 is 0 Å². The fourth-order valence-electron chi connectivity index (χ4n) is 3.33. The quantitative estimate of drug-likeness (QED) is 0.824. The summed E-state index contributed by atoms with van der Waals surface area (Å²) >= 11 is 0. The molecule has 2 aliphatic heterocycles. The predicted molar refractivity (Wildman–Crippen MR) is 78.3 cm³/mol. The number of hydrogen-bond donors (Lipinski definition) is 0. The Bertz CT molecular complexity index is 597. The lowest BCUT2D eigenvalue weighted by Gasteiger charge is -2.37. The third-order valence-corrected chi connectivity index (χ3v) is 6.22. The lowest BCUT2D eigenvalue weighted by molar-refractivity contribution is -0.138. The molecule has 0 unspecified atom stereocenters. The Labute approximate surface area is 125 Å². The van der Waals surface area contributed by atoms with Gasteiger partial charge in [0.1, 0.15) is 0 Å². The Kier molecular flexibility index (Phi) is 4.01. The second-order valence-electron chi connectivity index (χ2n) is 6.01. The molecule has 1 amide bonds. The lowest BCUT2D eigenvalue weighted by Crippen LogP contribution is -2.48. The zero-order valence-corrected chi connectivity index (χ0v) is 12.8. The van der Waals surface area contributed by atoms with Gasteiger partial charge in [-0.05, 0) is 31.7 Å². The highest BCUT2D eigenvalue weighted by atomic mass is 32.2. The largest absolute Gasteiger partial charge is 0.338 e. The van der Waals surface area contributed by atoms with Crippen LogP contribution in [0.5, 0.6) is 0 Å². The van der Waals surface area contributed by atoms with Crippen LogP contribution in [0.15, 0.2) is 18.5 Å². The summed E-state index contributed by atoms with van der Waals surface area (Å²) in [7, 11) is -3.01. The number of nitrogens with zero attached hydrogens (tertiary/aromatic N) is 3. The number of carbonyl (C=O) groups is 1. The first-order valence-electron chi connectivity index (χ1n) is 7.53. The van der Waals surface area contributed by atoms with Crippen LogP contribution in [0.1, 0.15) is 25.7 Å². The first kappa shape index (κ1) is 14.6. The predicted octanol–water partition coefficient (Wildman–Crippen LogP) is 0.699. The fraction of sp³-hybridized carbons (Fsp3) is 0.714. The summed E-state index contributed by atoms with van der Waals surface area (Å²) in [6.07, 6.45) is 7.19. The third kappa shape index (κ3) is 3.28. The van der Waals surface area contributed by atoms with Gasteiger partial charge in [0.05, 0.1) is 30.0 Å². The molecule has 2 aliphatic rings. The number of amides is 1. The Morgan fingerprint density at radius 1 is 1.29 bits per heavy atom. The highest BCUT2D eigenvalue weighted by Crippen LogP contribution is 2.26. The van der Waals surface area contributed by atoms with Crippen molar-refractivity contribution in [2.75, 3.05) is 18.1 Å². The summed E-state index contributed by atoms with van der Waals surface area (Å²) in [5.74, 6) is -0.140. The Hall–Kier alpha value is -1.37. The van der Waals surface area contributed by atoms with Crippen molar-refractivity contribution in [2.45, 2.75) is 38.3 Å². The van der Waals surface area contributed by atoms with E-state index in [4.69, 9.17) is 0 Å². The van der Waals surface area contributed by atoms with E-state index < -0.39 is 9.84 Å². The van der Waals surface area contributed by atoms with Crippen LogP contribution in [0.4, 0.5) is 0 Å². The number of piperidine rings is 1. The van der Waals surface area contributed by atoms with Gasteiger partial charge in [0.15, 0.2) is 9.84 Å². The molecule has 0 aliphatic carbocycles. The van der Waals surface area contributed by atoms with Gasteiger partial charge in [0, 0.05) is 18.9 Å². The van der Waals surface area contributed by atoms with Gasteiger partial charge in [-0.1, -0.05) is 0 Å². The van der Waals surface area contributed by atoms with E-state index in [9.17, 15) is 13.2 Å². The average molecular weight is 311 g/mol. The molecule has 21 heavy (non-hydrogen) atoms. The molecule has 0 N–H and O–H groups in total. The second kappa shape index (κ2) is 5.79. The molecule has 3 heterocycles. The van der Waals surface area contributed by atoms with E-state index in [0.717, 1.165) is 25.8 Å². The van der Waals surface area contributed by atoms with Crippen LogP contribution in [0.2, 0.25) is 0 Å². The Morgan fingerprint density at radius 3 is 2.81 bits per heavy atom. The Morgan fingerprint density at radius 2 is 2.14 bits per heavy atom. The van der Waals surface area contributed by atoms with Gasteiger partial charge in [-0.25, -0.2) is 8.42 Å². The van der Waals surface area contributed by atoms with Crippen molar-refractivity contribution >= 4 is 15.7 Å². The molecule has 3 rings (SSSR count). The number of likely N-dealkylation sites (tertiary alicyclic amines) is 1. The highest BCUT2D eigenvalue weighted by molar-refractivity contribution is 7.91. The summed E-state index contributed by atoms with van der Waals surface area (Å²) < 4.78 is 25.0. The van der Waals surface area contributed by atoms with E-state index in [1.54, 1.807) is 6.20 Å². The van der Waals surface area contributed by atoms with E-state index in [-0.39, 0.29) is 29.4 Å². The van der Waals surface area contributed by atoms with Crippen molar-refractivity contribution in [2.24, 2.45) is 5.92 Å². The van der Waals surface area contributed by atoms with Crippen molar-refractivity contribution in [3.05, 3.63) is 18.5 Å². The number of rotatable bonds is 3. The van der Waals surface area contributed by atoms with Crippen LogP contribution in [-0.4, -0.2) is 53.1 Å². The van der Waals surface area contributed by atoms with Gasteiger partial charge in [0.25, 0.3) is 0 Å². The summed E-state index contributed by atoms with van der Waals surface area (Å²) in [6, 6.07) is 2.01. The van der Waals surface area contributed by atoms with Gasteiger partial charge >= 0.3 is 0 Å². The van der Waals surface area contributed by atoms with E-state index in [1.165, 1.54) is 0 Å². The van der Waals surface area contributed by atoms with Gasteiger partial charge in [-0.15, -0.1) is 0 Å². The molecule has 0 spiro atoms. The Balaban J connectivity index is 1.70. The van der Waals surface area contributed by atoms with Gasteiger partial charge < -0.3 is 4.90 Å². The zero-order chi connectivity index (χ0) is 14.9. The fourth-order valence-corrected chi connectivity index (χ4v) is 5.06. The van der Waals surface area contributed by atoms with Crippen molar-refractivity contribution in [3.8, 4) is 0 Å². The molecule has 0 bridgehead atoms. The normalized spacial score (nSPS) is 28.7. The van der Waals surface area contributed by atoms with Crippen LogP contribution >= 0.6 is 0 Å². The van der Waals surface area contributed by atoms with E-state index in [2.05, 4.69) is 5.10 Å². The maximum Gasteiger partial charge on any atom is 0.227 e. The topological polar surface area (TPSA) is 72.3 Å². The molecule has 2 saturated heterocycles. The number of aromatic nitrogens is 2. The maximum absolute atomic E-state index is 12.7. The lowest BCUT2D eigenvalue weighted by atomic mass is 9.98. The van der Waals surface area contributed by atoms with Gasteiger partial charge in [-0.2, -0.15) is 5.10 Å². The zero-order valence-electron chi connectivity index (χ0n) is 12.0. The van der Waals surface area contributed by atoms with Crippen molar-refractivity contribution in [1.82, 2.24) is 14.7 Å². The first-order chi connectivity index (χ1) is 10.1. The minimum absolute atomic E-state index is 0.0212. The summed E-state index contributed by atoms with van der Waals surface area (Å²) in [6.45, 7) is 1.43. The van der Waals surface area contributed by atoms with Crippen molar-refractivity contribution in [1.29, 1.82) is 0 Å². The number of sulfone groups is 1. The molecule has 0 radical (unpaired) electrons. The monoisotopic (exact) mass is 311 g/mol. The minimum atomic E-state index is -3.01. The molecule has 7 heteroatoms. The van der Waals surface area contributed by atoms with E-state index in [0.29, 0.717) is 13.0 Å². The highest BCUT2D eigenvalue weighted by Gasteiger charge is 2.38. The first-order valence-corrected chi connectivity index (χ1v) is 9.36. The molecule has 6 nitrogen and oxygen atoms in total. The van der Waals surface area contributed by atoms with Gasteiger partial charge in [-0.3, -0.25) is 9.48 Å². The molecular weight excluding hydrogens is 290 g/mol. The SMILES string of the molecule is O=C([C@@H]1CCS(=O)(=O)C1)N1CCCC[C@@H]1Cn1cccn1. The molecule has 116 valence electrons. The molecule has 1 aromatic heterocycles. The van der Waals surface area contributed by atoms with Crippen LogP contribution in [0, 0.1) is 5.92 Å². The number of carbonyl (C=O) groups excluding carboxylic acids is 1. The molecule has 2 atom stereocenters. The standard InChI is InChI=1S/C14H21N3O3S/c18-14(12-5-9-21(19,20)11-12)17-8-2-1-4-13(17)10-16-7-3-6-15-16/h3,6-7,12-13H,1-2,4-5,8-11H2/t12-,13-/m1/s1. The summed E-state index contributed by atoms with van der Waals surface area (Å²) in [4.78, 5) is 14.6. The molecule has 1 aromatic rings. The molecule has 0 aromatic carbocycles. The van der Waals surface area contributed by atoms with Crippen LogP contribution < -0.4 is 0 Å². The summed E-state index contributed by atoms with van der Waals surface area (Å²) in [5, 5.41) is 4.21. The van der Waals surface area contributed by atoms with Crippen LogP contribution in [0.25, 0.3) is 0 Å². The third-order valence-electron chi connectivity index (χ3n) is 4.45. The maximum atomic E-state index is 12.7.